The van der Waals surface area contributed by atoms with E-state index in [0.29, 0.717) is 11.6 Å². The normalized spacial score (nSPS) is 10.8. The molecular formula is C18H18N2O2S2. The van der Waals surface area contributed by atoms with E-state index in [1.54, 1.807) is 18.9 Å². The number of nitrogens with one attached hydrogen (secondary N) is 1. The molecule has 0 saturated carbocycles. The van der Waals surface area contributed by atoms with Crippen molar-refractivity contribution in [3.63, 3.8) is 0 Å². The van der Waals surface area contributed by atoms with Gasteiger partial charge < -0.3 is 10.1 Å². The van der Waals surface area contributed by atoms with Gasteiger partial charge in [0, 0.05) is 4.90 Å². The average Bonchev–Trinajstić information content (AvgIpc) is 2.97. The fourth-order valence-electron chi connectivity index (χ4n) is 2.54. The van der Waals surface area contributed by atoms with Gasteiger partial charge in [0.1, 0.15) is 5.75 Å². The highest BCUT2D eigenvalue weighted by atomic mass is 32.2. The molecule has 0 radical (unpaired) electrons. The quantitative estimate of drug-likeness (QED) is 0.682. The second-order valence-corrected chi connectivity index (χ2v) is 7.23. The molecule has 2 aromatic carbocycles. The number of thiazole rings is 1. The predicted octanol–water partition coefficient (Wildman–Crippen LogP) is 4.52. The first-order valence-electron chi connectivity index (χ1n) is 7.47. The molecule has 124 valence electrons. The molecule has 3 aromatic rings. The summed E-state index contributed by atoms with van der Waals surface area (Å²) in [5.41, 5.74) is 2.93. The second kappa shape index (κ2) is 7.23. The molecule has 0 aliphatic rings. The number of amides is 1. The van der Waals surface area contributed by atoms with Crippen molar-refractivity contribution in [3.8, 4) is 5.75 Å². The van der Waals surface area contributed by atoms with Crippen LogP contribution in [0.5, 0.6) is 5.75 Å². The summed E-state index contributed by atoms with van der Waals surface area (Å²) < 4.78 is 6.33. The van der Waals surface area contributed by atoms with Crippen LogP contribution < -0.4 is 10.1 Å². The molecule has 0 unspecified atom stereocenters. The van der Waals surface area contributed by atoms with E-state index < -0.39 is 0 Å². The molecule has 1 N–H and O–H groups in total. The van der Waals surface area contributed by atoms with E-state index in [9.17, 15) is 4.79 Å². The first-order chi connectivity index (χ1) is 11.6. The number of thioether (sulfide) groups is 1. The van der Waals surface area contributed by atoms with Crippen molar-refractivity contribution in [2.75, 3.05) is 18.7 Å². The first-order valence-corrected chi connectivity index (χ1v) is 9.51. The predicted molar refractivity (Wildman–Crippen MR) is 101 cm³/mol. The number of methoxy groups -OCH3 is 1. The standard InChI is InChI=1S/C18H18N2O2S2/c1-11-9-12(7-8-13(11)22-2)10-16(21)19-18-20-17-14(23-3)5-4-6-15(17)24-18/h4-9H,10H2,1-3H3,(H,19,20,21). The molecule has 0 bridgehead atoms. The summed E-state index contributed by atoms with van der Waals surface area (Å²) in [5.74, 6) is 0.763. The lowest BCUT2D eigenvalue weighted by molar-refractivity contribution is -0.115. The molecule has 1 amide bonds. The number of ether oxygens (including phenoxy) is 1. The van der Waals surface area contributed by atoms with Crippen LogP contribution in [-0.2, 0) is 11.2 Å². The number of hydrogen-bond acceptors (Lipinski definition) is 5. The van der Waals surface area contributed by atoms with Gasteiger partial charge in [-0.15, -0.1) is 11.8 Å². The SMILES string of the molecule is COc1ccc(CC(=O)Nc2nc3c(SC)cccc3s2)cc1C. The monoisotopic (exact) mass is 358 g/mol. The van der Waals surface area contributed by atoms with E-state index >= 15 is 0 Å². The van der Waals surface area contributed by atoms with Crippen molar-refractivity contribution in [2.45, 2.75) is 18.2 Å². The summed E-state index contributed by atoms with van der Waals surface area (Å²) in [4.78, 5) is 18.0. The van der Waals surface area contributed by atoms with Gasteiger partial charge in [-0.25, -0.2) is 4.98 Å². The Hall–Kier alpha value is -2.05. The molecular weight excluding hydrogens is 340 g/mol. The highest BCUT2D eigenvalue weighted by Crippen LogP contribution is 2.32. The number of aryl methyl sites for hydroxylation is 1. The van der Waals surface area contributed by atoms with Crippen molar-refractivity contribution < 1.29 is 9.53 Å². The Balaban J connectivity index is 1.74. The zero-order valence-electron chi connectivity index (χ0n) is 13.8. The van der Waals surface area contributed by atoms with Gasteiger partial charge in [0.05, 0.1) is 23.7 Å². The van der Waals surface area contributed by atoms with Gasteiger partial charge in [0.15, 0.2) is 5.13 Å². The molecule has 0 atom stereocenters. The van der Waals surface area contributed by atoms with E-state index in [4.69, 9.17) is 4.74 Å². The molecule has 0 fully saturated rings. The summed E-state index contributed by atoms with van der Waals surface area (Å²) >= 11 is 3.16. The van der Waals surface area contributed by atoms with Crippen LogP contribution in [0, 0.1) is 6.92 Å². The Morgan fingerprint density at radius 1 is 1.33 bits per heavy atom. The maximum Gasteiger partial charge on any atom is 0.230 e. The van der Waals surface area contributed by atoms with Crippen molar-refractivity contribution in [3.05, 3.63) is 47.5 Å². The number of rotatable bonds is 5. The summed E-state index contributed by atoms with van der Waals surface area (Å²) in [6.45, 7) is 1.97. The van der Waals surface area contributed by atoms with E-state index in [1.165, 1.54) is 11.3 Å². The Morgan fingerprint density at radius 2 is 2.17 bits per heavy atom. The Labute approximate surface area is 149 Å². The number of para-hydroxylation sites is 1. The van der Waals surface area contributed by atoms with Crippen molar-refractivity contribution >= 4 is 44.4 Å². The Kier molecular flexibility index (Phi) is 5.06. The third-order valence-corrected chi connectivity index (χ3v) is 5.38. The zero-order valence-corrected chi connectivity index (χ0v) is 15.4. The fourth-order valence-corrected chi connectivity index (χ4v) is 4.08. The van der Waals surface area contributed by atoms with Gasteiger partial charge in [-0.05, 0) is 42.5 Å². The molecule has 4 nitrogen and oxygen atoms in total. The lowest BCUT2D eigenvalue weighted by Gasteiger charge is -2.07. The molecule has 24 heavy (non-hydrogen) atoms. The third-order valence-electron chi connectivity index (χ3n) is 3.67. The molecule has 0 saturated heterocycles. The van der Waals surface area contributed by atoms with E-state index in [-0.39, 0.29) is 5.91 Å². The molecule has 0 aliphatic carbocycles. The van der Waals surface area contributed by atoms with Crippen LogP contribution in [0.2, 0.25) is 0 Å². The zero-order chi connectivity index (χ0) is 17.1. The summed E-state index contributed by atoms with van der Waals surface area (Å²) in [7, 11) is 1.64. The number of carbonyl (C=O) groups excluding carboxylic acids is 1. The molecule has 0 aliphatic heterocycles. The first kappa shape index (κ1) is 16.8. The Morgan fingerprint density at radius 3 is 2.88 bits per heavy atom. The van der Waals surface area contributed by atoms with Crippen LogP contribution in [-0.4, -0.2) is 24.3 Å². The second-order valence-electron chi connectivity index (χ2n) is 5.35. The van der Waals surface area contributed by atoms with E-state index in [0.717, 1.165) is 32.0 Å². The van der Waals surface area contributed by atoms with Crippen LogP contribution in [0.4, 0.5) is 5.13 Å². The van der Waals surface area contributed by atoms with Crippen molar-refractivity contribution in [2.24, 2.45) is 0 Å². The molecule has 1 heterocycles. The number of fused-ring (bicyclic) bond motifs is 1. The maximum atomic E-state index is 12.3. The number of nitrogens with zero attached hydrogens (tertiary/aromatic N) is 1. The summed E-state index contributed by atoms with van der Waals surface area (Å²) in [6, 6.07) is 11.9. The highest BCUT2D eigenvalue weighted by Gasteiger charge is 2.11. The molecule has 0 spiro atoms. The average molecular weight is 358 g/mol. The van der Waals surface area contributed by atoms with Gasteiger partial charge in [-0.1, -0.05) is 29.5 Å². The number of aromatic nitrogens is 1. The topological polar surface area (TPSA) is 51.2 Å². The number of anilines is 1. The van der Waals surface area contributed by atoms with Gasteiger partial charge in [-0.3, -0.25) is 4.79 Å². The number of benzene rings is 2. The lowest BCUT2D eigenvalue weighted by atomic mass is 10.1. The number of hydrogen-bond donors (Lipinski definition) is 1. The minimum Gasteiger partial charge on any atom is -0.496 e. The smallest absolute Gasteiger partial charge is 0.230 e. The maximum absolute atomic E-state index is 12.3. The van der Waals surface area contributed by atoms with E-state index in [2.05, 4.69) is 10.3 Å². The minimum absolute atomic E-state index is 0.0654. The van der Waals surface area contributed by atoms with Crippen LogP contribution in [0.3, 0.4) is 0 Å². The van der Waals surface area contributed by atoms with Gasteiger partial charge in [0.2, 0.25) is 5.91 Å². The molecule has 1 aromatic heterocycles. The number of carbonyl (C=O) groups is 1. The van der Waals surface area contributed by atoms with Crippen molar-refractivity contribution in [1.29, 1.82) is 0 Å². The third kappa shape index (κ3) is 3.55. The lowest BCUT2D eigenvalue weighted by Crippen LogP contribution is -2.14. The Bertz CT molecular complexity index is 890. The fraction of sp³-hybridized carbons (Fsp3) is 0.222. The van der Waals surface area contributed by atoms with Crippen molar-refractivity contribution in [1.82, 2.24) is 4.98 Å². The van der Waals surface area contributed by atoms with Gasteiger partial charge in [-0.2, -0.15) is 0 Å². The summed E-state index contributed by atoms with van der Waals surface area (Å²) in [5, 5.41) is 3.55. The van der Waals surface area contributed by atoms with E-state index in [1.807, 2.05) is 49.6 Å². The minimum atomic E-state index is -0.0654. The highest BCUT2D eigenvalue weighted by molar-refractivity contribution is 7.98. The van der Waals surface area contributed by atoms with Crippen LogP contribution in [0.1, 0.15) is 11.1 Å². The van der Waals surface area contributed by atoms with Crippen LogP contribution in [0.25, 0.3) is 10.2 Å². The molecule has 3 rings (SSSR count). The van der Waals surface area contributed by atoms with Crippen LogP contribution >= 0.6 is 23.1 Å². The summed E-state index contributed by atoms with van der Waals surface area (Å²) in [6.07, 6.45) is 2.34. The molecule has 6 heteroatoms. The largest absolute Gasteiger partial charge is 0.496 e. The van der Waals surface area contributed by atoms with Crippen LogP contribution in [0.15, 0.2) is 41.3 Å². The van der Waals surface area contributed by atoms with Gasteiger partial charge >= 0.3 is 0 Å². The van der Waals surface area contributed by atoms with Gasteiger partial charge in [0.25, 0.3) is 0 Å².